The van der Waals surface area contributed by atoms with Gasteiger partial charge in [-0.05, 0) is 24.6 Å². The van der Waals surface area contributed by atoms with Crippen molar-refractivity contribution in [3.63, 3.8) is 0 Å². The molecule has 76 valence electrons. The van der Waals surface area contributed by atoms with Crippen molar-refractivity contribution < 1.29 is 4.39 Å². The van der Waals surface area contributed by atoms with E-state index < -0.39 is 0 Å². The number of hydrogen-bond acceptors (Lipinski definition) is 1. The van der Waals surface area contributed by atoms with Crippen LogP contribution in [0.25, 0.3) is 0 Å². The third-order valence-electron chi connectivity index (χ3n) is 1.95. The highest BCUT2D eigenvalue weighted by molar-refractivity contribution is 6.29. The smallest absolute Gasteiger partial charge is 0.123 e. The van der Waals surface area contributed by atoms with Gasteiger partial charge in [0.25, 0.3) is 0 Å². The predicted molar refractivity (Wildman–Crippen MR) is 57.8 cm³/mol. The Balaban J connectivity index is 2.60. The van der Waals surface area contributed by atoms with Gasteiger partial charge in [0.2, 0.25) is 0 Å². The normalized spacial score (nSPS) is 12.5. The van der Waals surface area contributed by atoms with Crippen LogP contribution in [-0.4, -0.2) is 6.54 Å². The van der Waals surface area contributed by atoms with E-state index in [9.17, 15) is 4.39 Å². The fourth-order valence-electron chi connectivity index (χ4n) is 1.16. The summed E-state index contributed by atoms with van der Waals surface area (Å²) in [5.41, 5.74) is 0.905. The van der Waals surface area contributed by atoms with Gasteiger partial charge in [-0.15, -0.1) is 0 Å². The van der Waals surface area contributed by atoms with Crippen molar-refractivity contribution in [2.75, 3.05) is 6.54 Å². The van der Waals surface area contributed by atoms with Crippen LogP contribution in [0.5, 0.6) is 0 Å². The van der Waals surface area contributed by atoms with Gasteiger partial charge in [0, 0.05) is 17.6 Å². The maximum absolute atomic E-state index is 12.9. The Hall–Kier alpha value is -0.860. The van der Waals surface area contributed by atoms with Crippen LogP contribution >= 0.6 is 11.6 Å². The minimum Gasteiger partial charge on any atom is -0.305 e. The van der Waals surface area contributed by atoms with Crippen molar-refractivity contribution in [3.05, 3.63) is 47.3 Å². The van der Waals surface area contributed by atoms with Crippen LogP contribution in [0.15, 0.2) is 35.9 Å². The molecular weight excluding hydrogens is 201 g/mol. The first-order chi connectivity index (χ1) is 6.59. The molecule has 0 aliphatic rings. The van der Waals surface area contributed by atoms with Gasteiger partial charge in [-0.1, -0.05) is 30.3 Å². The molecule has 0 fully saturated rings. The molecule has 0 amide bonds. The highest BCUT2D eigenvalue weighted by Gasteiger charge is 2.04. The molecule has 1 nitrogen and oxygen atoms in total. The fourth-order valence-corrected chi connectivity index (χ4v) is 1.23. The SMILES string of the molecule is C=C(Cl)CNC(C)c1cccc(F)c1. The molecule has 0 saturated heterocycles. The molecular formula is C11H13ClFN. The van der Waals surface area contributed by atoms with Crippen LogP contribution in [-0.2, 0) is 0 Å². The zero-order valence-corrected chi connectivity index (χ0v) is 8.81. The van der Waals surface area contributed by atoms with Crippen LogP contribution < -0.4 is 5.32 Å². The van der Waals surface area contributed by atoms with E-state index in [1.807, 2.05) is 13.0 Å². The van der Waals surface area contributed by atoms with Gasteiger partial charge in [0.1, 0.15) is 5.82 Å². The maximum Gasteiger partial charge on any atom is 0.123 e. The number of nitrogens with one attached hydrogen (secondary N) is 1. The number of benzene rings is 1. The topological polar surface area (TPSA) is 12.0 Å². The number of rotatable bonds is 4. The van der Waals surface area contributed by atoms with Crippen molar-refractivity contribution in [2.24, 2.45) is 0 Å². The minimum atomic E-state index is -0.221. The molecule has 1 aromatic carbocycles. The molecule has 0 spiro atoms. The summed E-state index contributed by atoms with van der Waals surface area (Å²) >= 11 is 5.61. The Morgan fingerprint density at radius 2 is 2.36 bits per heavy atom. The van der Waals surface area contributed by atoms with E-state index in [4.69, 9.17) is 11.6 Å². The monoisotopic (exact) mass is 213 g/mol. The zero-order valence-electron chi connectivity index (χ0n) is 8.06. The first-order valence-electron chi connectivity index (χ1n) is 4.41. The van der Waals surface area contributed by atoms with Gasteiger partial charge in [-0.2, -0.15) is 0 Å². The van der Waals surface area contributed by atoms with Crippen molar-refractivity contribution in [3.8, 4) is 0 Å². The molecule has 0 aliphatic carbocycles. The summed E-state index contributed by atoms with van der Waals surface area (Å²) in [6, 6.07) is 6.57. The molecule has 0 bridgehead atoms. The molecule has 0 aromatic heterocycles. The van der Waals surface area contributed by atoms with Gasteiger partial charge < -0.3 is 5.32 Å². The molecule has 0 radical (unpaired) electrons. The largest absolute Gasteiger partial charge is 0.305 e. The van der Waals surface area contributed by atoms with Crippen molar-refractivity contribution in [2.45, 2.75) is 13.0 Å². The molecule has 1 unspecified atom stereocenters. The molecule has 1 N–H and O–H groups in total. The minimum absolute atomic E-state index is 0.0706. The molecule has 14 heavy (non-hydrogen) atoms. The maximum atomic E-state index is 12.9. The second-order valence-electron chi connectivity index (χ2n) is 3.17. The third kappa shape index (κ3) is 3.48. The fraction of sp³-hybridized carbons (Fsp3) is 0.273. The van der Waals surface area contributed by atoms with Gasteiger partial charge >= 0.3 is 0 Å². The average molecular weight is 214 g/mol. The lowest BCUT2D eigenvalue weighted by Crippen LogP contribution is -2.19. The van der Waals surface area contributed by atoms with Gasteiger partial charge in [0.05, 0.1) is 0 Å². The quantitative estimate of drug-likeness (QED) is 0.810. The lowest BCUT2D eigenvalue weighted by atomic mass is 10.1. The standard InChI is InChI=1S/C11H13ClFN/c1-8(12)7-14-9(2)10-4-3-5-11(13)6-10/h3-6,9,14H,1,7H2,2H3. The van der Waals surface area contributed by atoms with Crippen LogP contribution in [0.1, 0.15) is 18.5 Å². The van der Waals surface area contributed by atoms with Crippen LogP contribution in [0, 0.1) is 5.82 Å². The third-order valence-corrected chi connectivity index (χ3v) is 2.08. The molecule has 3 heteroatoms. The summed E-state index contributed by atoms with van der Waals surface area (Å²) < 4.78 is 12.9. The first kappa shape index (κ1) is 11.2. The van der Waals surface area contributed by atoms with Crippen LogP contribution in [0.3, 0.4) is 0 Å². The van der Waals surface area contributed by atoms with E-state index in [1.54, 1.807) is 6.07 Å². The Morgan fingerprint density at radius 3 is 2.93 bits per heavy atom. The predicted octanol–water partition coefficient (Wildman–Crippen LogP) is 3.23. The van der Waals surface area contributed by atoms with Crippen molar-refractivity contribution in [1.29, 1.82) is 0 Å². The van der Waals surface area contributed by atoms with Gasteiger partial charge in [0.15, 0.2) is 0 Å². The average Bonchev–Trinajstić information content (AvgIpc) is 2.14. The molecule has 1 rings (SSSR count). The summed E-state index contributed by atoms with van der Waals surface area (Å²) in [7, 11) is 0. The second-order valence-corrected chi connectivity index (χ2v) is 3.71. The molecule has 0 saturated carbocycles. The first-order valence-corrected chi connectivity index (χ1v) is 4.79. The van der Waals surface area contributed by atoms with Crippen LogP contribution in [0.4, 0.5) is 4.39 Å². The summed E-state index contributed by atoms with van der Waals surface area (Å²) in [5.74, 6) is -0.221. The lowest BCUT2D eigenvalue weighted by Gasteiger charge is -2.13. The second kappa shape index (κ2) is 5.13. The summed E-state index contributed by atoms with van der Waals surface area (Å²) in [4.78, 5) is 0. The van der Waals surface area contributed by atoms with Gasteiger partial charge in [-0.3, -0.25) is 0 Å². The molecule has 1 atom stereocenters. The molecule has 0 aliphatic heterocycles. The van der Waals surface area contributed by atoms with E-state index in [2.05, 4.69) is 11.9 Å². The molecule has 1 aromatic rings. The Kier molecular flexibility index (Phi) is 4.11. The Labute approximate surface area is 88.6 Å². The summed E-state index contributed by atoms with van der Waals surface area (Å²) in [6.45, 7) is 6.05. The molecule has 0 heterocycles. The van der Waals surface area contributed by atoms with E-state index in [0.717, 1.165) is 5.56 Å². The number of halogens is 2. The van der Waals surface area contributed by atoms with E-state index in [0.29, 0.717) is 11.6 Å². The van der Waals surface area contributed by atoms with Crippen molar-refractivity contribution >= 4 is 11.6 Å². The Morgan fingerprint density at radius 1 is 1.64 bits per heavy atom. The zero-order chi connectivity index (χ0) is 10.6. The highest BCUT2D eigenvalue weighted by atomic mass is 35.5. The number of hydrogen-bond donors (Lipinski definition) is 1. The van der Waals surface area contributed by atoms with Gasteiger partial charge in [-0.25, -0.2) is 4.39 Å². The van der Waals surface area contributed by atoms with E-state index in [1.165, 1.54) is 12.1 Å². The van der Waals surface area contributed by atoms with Crippen molar-refractivity contribution in [1.82, 2.24) is 5.32 Å². The van der Waals surface area contributed by atoms with Crippen LogP contribution in [0.2, 0.25) is 0 Å². The van der Waals surface area contributed by atoms with E-state index >= 15 is 0 Å². The van der Waals surface area contributed by atoms with E-state index in [-0.39, 0.29) is 11.9 Å². The highest BCUT2D eigenvalue weighted by Crippen LogP contribution is 2.13. The lowest BCUT2D eigenvalue weighted by molar-refractivity contribution is 0.593. The Bertz CT molecular complexity index is 325. The summed E-state index contributed by atoms with van der Waals surface area (Å²) in [5, 5.41) is 3.68. The summed E-state index contributed by atoms with van der Waals surface area (Å²) in [6.07, 6.45) is 0.